The minimum atomic E-state index is -4.57. The van der Waals surface area contributed by atoms with E-state index in [-0.39, 0.29) is 15.9 Å². The summed E-state index contributed by atoms with van der Waals surface area (Å²) in [5.41, 5.74) is 1.81. The minimum Gasteiger partial charge on any atom is -0.268 e. The summed E-state index contributed by atoms with van der Waals surface area (Å²) >= 11 is 0. The summed E-state index contributed by atoms with van der Waals surface area (Å²) in [5, 5.41) is 4.51. The van der Waals surface area contributed by atoms with Crippen LogP contribution in [0.1, 0.15) is 11.1 Å². The van der Waals surface area contributed by atoms with Crippen LogP contribution in [0.5, 0.6) is 0 Å². The highest BCUT2D eigenvalue weighted by molar-refractivity contribution is 7.85. The van der Waals surface area contributed by atoms with Gasteiger partial charge in [-0.15, -0.1) is 5.10 Å². The molecule has 0 radical (unpaired) electrons. The molecule has 0 amide bonds. The Labute approximate surface area is 176 Å². The van der Waals surface area contributed by atoms with Gasteiger partial charge in [-0.1, -0.05) is 6.07 Å². The van der Waals surface area contributed by atoms with Gasteiger partial charge in [-0.2, -0.15) is 13.2 Å². The van der Waals surface area contributed by atoms with Gasteiger partial charge in [-0.3, -0.25) is 18.6 Å². The van der Waals surface area contributed by atoms with Gasteiger partial charge in [0.05, 0.1) is 28.4 Å². The molecule has 1 unspecified atom stereocenters. The molecule has 0 aliphatic rings. The fourth-order valence-electron chi connectivity index (χ4n) is 3.25. The van der Waals surface area contributed by atoms with Crippen molar-refractivity contribution in [2.24, 2.45) is 0 Å². The predicted octanol–water partition coefficient (Wildman–Crippen LogP) is 3.25. The first-order valence-corrected chi connectivity index (χ1v) is 10.4. The van der Waals surface area contributed by atoms with Gasteiger partial charge in [0.2, 0.25) is 0 Å². The molecule has 0 bridgehead atoms. The van der Waals surface area contributed by atoms with Crippen LogP contribution in [0, 0.1) is 13.8 Å². The summed E-state index contributed by atoms with van der Waals surface area (Å²) in [6.07, 6.45) is 1.40. The highest BCUT2D eigenvalue weighted by atomic mass is 32.2. The van der Waals surface area contributed by atoms with E-state index < -0.39 is 28.3 Å². The van der Waals surface area contributed by atoms with Gasteiger partial charge in [-0.05, 0) is 43.2 Å². The first-order valence-electron chi connectivity index (χ1n) is 9.08. The minimum absolute atomic E-state index is 0.0241. The molecule has 0 saturated carbocycles. The number of rotatable bonds is 4. The molecule has 0 saturated heterocycles. The van der Waals surface area contributed by atoms with Crippen LogP contribution in [0.4, 0.5) is 13.2 Å². The van der Waals surface area contributed by atoms with Gasteiger partial charge in [0.1, 0.15) is 17.5 Å². The monoisotopic (exact) mass is 447 g/mol. The van der Waals surface area contributed by atoms with Crippen molar-refractivity contribution in [1.82, 2.24) is 24.3 Å². The highest BCUT2D eigenvalue weighted by Crippen LogP contribution is 2.26. The number of pyridine rings is 1. The number of aromatic nitrogens is 5. The summed E-state index contributed by atoms with van der Waals surface area (Å²) in [4.78, 5) is 21.4. The van der Waals surface area contributed by atoms with Crippen LogP contribution in [0.25, 0.3) is 22.4 Å². The van der Waals surface area contributed by atoms with E-state index in [4.69, 9.17) is 0 Å². The highest BCUT2D eigenvalue weighted by Gasteiger charge is 2.31. The van der Waals surface area contributed by atoms with E-state index in [1.165, 1.54) is 27.8 Å². The van der Waals surface area contributed by atoms with Crippen molar-refractivity contribution in [1.29, 1.82) is 0 Å². The number of benzene rings is 1. The first-order chi connectivity index (χ1) is 14.6. The zero-order valence-corrected chi connectivity index (χ0v) is 17.2. The Morgan fingerprint density at radius 1 is 1.16 bits per heavy atom. The van der Waals surface area contributed by atoms with Crippen LogP contribution in [0.2, 0.25) is 0 Å². The van der Waals surface area contributed by atoms with Crippen molar-refractivity contribution in [3.8, 4) is 11.4 Å². The molecule has 0 aliphatic heterocycles. The Morgan fingerprint density at radius 2 is 1.94 bits per heavy atom. The van der Waals surface area contributed by atoms with Crippen LogP contribution >= 0.6 is 0 Å². The molecule has 1 atom stereocenters. The van der Waals surface area contributed by atoms with E-state index in [9.17, 15) is 22.2 Å². The van der Waals surface area contributed by atoms with E-state index >= 15 is 0 Å². The Bertz CT molecular complexity index is 1360. The SMILES string of the molecule is Cc1cc(C)c(S(=O)CC(F)(F)F)cc1-n1cnc2nn(-c3cccnc3)cc2c1=O. The van der Waals surface area contributed by atoms with Gasteiger partial charge in [0, 0.05) is 17.3 Å². The van der Waals surface area contributed by atoms with Crippen molar-refractivity contribution in [3.05, 3.63) is 70.7 Å². The molecule has 0 N–H and O–H groups in total. The smallest absolute Gasteiger partial charge is 0.268 e. The number of hydrogen-bond donors (Lipinski definition) is 0. The zero-order valence-electron chi connectivity index (χ0n) is 16.4. The molecule has 1 aromatic carbocycles. The van der Waals surface area contributed by atoms with Crippen LogP contribution in [0.3, 0.4) is 0 Å². The summed E-state index contributed by atoms with van der Waals surface area (Å²) in [5.74, 6) is -1.46. The molecule has 4 rings (SSSR count). The summed E-state index contributed by atoms with van der Waals surface area (Å²) < 4.78 is 53.2. The fraction of sp³-hybridized carbons (Fsp3) is 0.200. The zero-order chi connectivity index (χ0) is 22.3. The maximum absolute atomic E-state index is 13.1. The lowest BCUT2D eigenvalue weighted by Gasteiger charge is -2.14. The third-order valence-corrected chi connectivity index (χ3v) is 6.16. The predicted molar refractivity (Wildman–Crippen MR) is 109 cm³/mol. The molecule has 7 nitrogen and oxygen atoms in total. The second-order valence-corrected chi connectivity index (χ2v) is 8.37. The van der Waals surface area contributed by atoms with Crippen LogP contribution in [-0.4, -0.2) is 40.5 Å². The van der Waals surface area contributed by atoms with Gasteiger partial charge in [0.15, 0.2) is 5.65 Å². The second-order valence-electron chi connectivity index (χ2n) is 6.95. The molecule has 4 aromatic rings. The standard InChI is InChI=1S/C20H16F3N5O2S/c1-12-6-13(2)17(31(30)10-20(21,22)23)7-16(12)27-11-25-18-15(19(27)29)9-28(26-18)14-4-3-5-24-8-14/h3-9,11H,10H2,1-2H3. The third kappa shape index (κ3) is 4.13. The normalized spacial score (nSPS) is 12.9. The summed E-state index contributed by atoms with van der Waals surface area (Å²) in [6, 6.07) is 6.46. The number of alkyl halides is 3. The van der Waals surface area contributed by atoms with Crippen molar-refractivity contribution < 1.29 is 17.4 Å². The fourth-order valence-corrected chi connectivity index (χ4v) is 4.37. The Kier molecular flexibility index (Phi) is 5.21. The van der Waals surface area contributed by atoms with E-state index in [1.807, 2.05) is 0 Å². The number of nitrogens with zero attached hydrogens (tertiary/aromatic N) is 5. The topological polar surface area (TPSA) is 82.7 Å². The molecule has 31 heavy (non-hydrogen) atoms. The molecule has 0 fully saturated rings. The second kappa shape index (κ2) is 7.73. The molecule has 3 heterocycles. The average molecular weight is 447 g/mol. The van der Waals surface area contributed by atoms with Gasteiger partial charge >= 0.3 is 6.18 Å². The van der Waals surface area contributed by atoms with Crippen LogP contribution in [0.15, 0.2) is 58.9 Å². The molecular weight excluding hydrogens is 431 g/mol. The third-order valence-electron chi connectivity index (χ3n) is 4.64. The average Bonchev–Trinajstić information content (AvgIpc) is 3.14. The Balaban J connectivity index is 1.83. The lowest BCUT2D eigenvalue weighted by Crippen LogP contribution is -2.21. The maximum Gasteiger partial charge on any atom is 0.400 e. The maximum atomic E-state index is 13.1. The van der Waals surface area contributed by atoms with Crippen LogP contribution < -0.4 is 5.56 Å². The van der Waals surface area contributed by atoms with Crippen molar-refractivity contribution in [2.75, 3.05) is 5.75 Å². The number of hydrogen-bond acceptors (Lipinski definition) is 5. The summed E-state index contributed by atoms with van der Waals surface area (Å²) in [7, 11) is -2.30. The number of halogens is 3. The Hall–Kier alpha value is -3.34. The molecular formula is C20H16F3N5O2S. The molecule has 0 spiro atoms. The lowest BCUT2D eigenvalue weighted by atomic mass is 10.1. The van der Waals surface area contributed by atoms with E-state index in [0.29, 0.717) is 22.5 Å². The lowest BCUT2D eigenvalue weighted by molar-refractivity contribution is -0.105. The van der Waals surface area contributed by atoms with Crippen molar-refractivity contribution >= 4 is 21.8 Å². The number of aryl methyl sites for hydroxylation is 2. The quantitative estimate of drug-likeness (QED) is 0.480. The van der Waals surface area contributed by atoms with E-state index in [1.54, 1.807) is 44.4 Å². The van der Waals surface area contributed by atoms with Crippen molar-refractivity contribution in [2.45, 2.75) is 24.9 Å². The first kappa shape index (κ1) is 20.9. The Morgan fingerprint density at radius 3 is 2.61 bits per heavy atom. The molecule has 11 heteroatoms. The largest absolute Gasteiger partial charge is 0.400 e. The number of fused-ring (bicyclic) bond motifs is 1. The van der Waals surface area contributed by atoms with E-state index in [0.717, 1.165) is 0 Å². The van der Waals surface area contributed by atoms with Gasteiger partial charge in [0.25, 0.3) is 5.56 Å². The van der Waals surface area contributed by atoms with E-state index in [2.05, 4.69) is 15.1 Å². The molecule has 160 valence electrons. The van der Waals surface area contributed by atoms with Crippen molar-refractivity contribution in [3.63, 3.8) is 0 Å². The van der Waals surface area contributed by atoms with Gasteiger partial charge < -0.3 is 0 Å². The van der Waals surface area contributed by atoms with Gasteiger partial charge in [-0.25, -0.2) is 9.67 Å². The molecule has 3 aromatic heterocycles. The molecule has 0 aliphatic carbocycles. The summed E-state index contributed by atoms with van der Waals surface area (Å²) in [6.45, 7) is 3.30. The van der Waals surface area contributed by atoms with Crippen LogP contribution in [-0.2, 0) is 10.8 Å².